The summed E-state index contributed by atoms with van der Waals surface area (Å²) in [7, 11) is 0. The molecule has 1 heterocycles. The molecule has 0 bridgehead atoms. The fraction of sp³-hybridized carbons (Fsp3) is 0.500. The van der Waals surface area contributed by atoms with E-state index in [-0.39, 0.29) is 0 Å². The van der Waals surface area contributed by atoms with E-state index in [1.54, 1.807) is 0 Å². The second-order valence-corrected chi connectivity index (χ2v) is 5.72. The lowest BCUT2D eigenvalue weighted by Gasteiger charge is -2.18. The van der Waals surface area contributed by atoms with E-state index in [2.05, 4.69) is 48.5 Å². The predicted molar refractivity (Wildman–Crippen MR) is 90.0 cm³/mol. The number of nitrogens with zero attached hydrogens (tertiary/aromatic N) is 2. The van der Waals surface area contributed by atoms with Crippen molar-refractivity contribution in [2.45, 2.75) is 58.4 Å². The van der Waals surface area contributed by atoms with Crippen LogP contribution in [0.25, 0.3) is 5.69 Å². The second-order valence-electron chi connectivity index (χ2n) is 5.72. The number of benzene rings is 1. The summed E-state index contributed by atoms with van der Waals surface area (Å²) in [5, 5.41) is 7.96. The first-order valence-electron chi connectivity index (χ1n) is 8.17. The molecule has 1 atom stereocenters. The van der Waals surface area contributed by atoms with Crippen molar-refractivity contribution < 1.29 is 0 Å². The highest BCUT2D eigenvalue weighted by Crippen LogP contribution is 2.21. The van der Waals surface area contributed by atoms with Crippen LogP contribution in [0.5, 0.6) is 0 Å². The van der Waals surface area contributed by atoms with Crippen LogP contribution in [0.2, 0.25) is 0 Å². The Balaban J connectivity index is 1.88. The van der Waals surface area contributed by atoms with E-state index in [0.29, 0.717) is 6.04 Å². The van der Waals surface area contributed by atoms with Gasteiger partial charge in [-0.05, 0) is 31.5 Å². The number of para-hydroxylation sites is 2. The van der Waals surface area contributed by atoms with E-state index < -0.39 is 0 Å². The first-order chi connectivity index (χ1) is 10.3. The largest absolute Gasteiger partial charge is 0.381 e. The van der Waals surface area contributed by atoms with Gasteiger partial charge in [0.15, 0.2) is 0 Å². The van der Waals surface area contributed by atoms with E-state index in [1.807, 2.05) is 23.1 Å². The van der Waals surface area contributed by atoms with Gasteiger partial charge in [-0.3, -0.25) is 0 Å². The molecule has 0 saturated carbocycles. The highest BCUT2D eigenvalue weighted by molar-refractivity contribution is 5.60. The SMILES string of the molecule is CCCCCCCC(C)Nc1ccccc1-n1cccn1. The van der Waals surface area contributed by atoms with Crippen molar-refractivity contribution in [3.8, 4) is 5.69 Å². The smallest absolute Gasteiger partial charge is 0.0876 e. The third kappa shape index (κ3) is 4.92. The first-order valence-corrected chi connectivity index (χ1v) is 8.17. The van der Waals surface area contributed by atoms with Gasteiger partial charge in [0.25, 0.3) is 0 Å². The van der Waals surface area contributed by atoms with Crippen LogP contribution in [0.15, 0.2) is 42.7 Å². The summed E-state index contributed by atoms with van der Waals surface area (Å²) in [6, 6.07) is 10.8. The minimum Gasteiger partial charge on any atom is -0.381 e. The lowest BCUT2D eigenvalue weighted by molar-refractivity contribution is 0.578. The number of unbranched alkanes of at least 4 members (excludes halogenated alkanes) is 4. The topological polar surface area (TPSA) is 29.9 Å². The zero-order valence-corrected chi connectivity index (χ0v) is 13.3. The van der Waals surface area contributed by atoms with Gasteiger partial charge >= 0.3 is 0 Å². The standard InChI is InChI=1S/C18H27N3/c1-3-4-5-6-7-11-16(2)20-17-12-8-9-13-18(17)21-15-10-14-19-21/h8-10,12-16,20H,3-7,11H2,1-2H3. The van der Waals surface area contributed by atoms with Crippen molar-refractivity contribution in [2.24, 2.45) is 0 Å². The van der Waals surface area contributed by atoms with Crippen LogP contribution in [0.4, 0.5) is 5.69 Å². The zero-order valence-electron chi connectivity index (χ0n) is 13.3. The number of hydrogen-bond donors (Lipinski definition) is 1. The maximum atomic E-state index is 4.33. The van der Waals surface area contributed by atoms with Gasteiger partial charge in [0.1, 0.15) is 0 Å². The molecule has 0 spiro atoms. The minimum atomic E-state index is 0.489. The molecule has 21 heavy (non-hydrogen) atoms. The summed E-state index contributed by atoms with van der Waals surface area (Å²) in [6.07, 6.45) is 11.7. The van der Waals surface area contributed by atoms with Crippen LogP contribution >= 0.6 is 0 Å². The number of hydrogen-bond acceptors (Lipinski definition) is 2. The van der Waals surface area contributed by atoms with Gasteiger partial charge < -0.3 is 5.32 Å². The summed E-state index contributed by atoms with van der Waals surface area (Å²) in [5.74, 6) is 0. The molecule has 0 saturated heterocycles. The normalized spacial score (nSPS) is 12.3. The average molecular weight is 285 g/mol. The summed E-state index contributed by atoms with van der Waals surface area (Å²) in [5.41, 5.74) is 2.27. The molecule has 1 unspecified atom stereocenters. The maximum absolute atomic E-state index is 4.33. The molecule has 0 radical (unpaired) electrons. The Labute approximate surface area is 128 Å². The molecule has 3 nitrogen and oxygen atoms in total. The van der Waals surface area contributed by atoms with Crippen LogP contribution in [0.3, 0.4) is 0 Å². The molecular formula is C18H27N3. The molecule has 1 aromatic carbocycles. The van der Waals surface area contributed by atoms with Crippen molar-refractivity contribution in [3.63, 3.8) is 0 Å². The Morgan fingerprint density at radius 3 is 2.67 bits per heavy atom. The quantitative estimate of drug-likeness (QED) is 0.655. The molecule has 3 heteroatoms. The Morgan fingerprint density at radius 1 is 1.10 bits per heavy atom. The van der Waals surface area contributed by atoms with Gasteiger partial charge in [-0.25, -0.2) is 4.68 Å². The molecule has 0 fully saturated rings. The highest BCUT2D eigenvalue weighted by Gasteiger charge is 2.07. The fourth-order valence-electron chi connectivity index (χ4n) is 2.60. The minimum absolute atomic E-state index is 0.489. The summed E-state index contributed by atoms with van der Waals surface area (Å²) in [4.78, 5) is 0. The van der Waals surface area contributed by atoms with E-state index in [1.165, 1.54) is 38.5 Å². The fourth-order valence-corrected chi connectivity index (χ4v) is 2.60. The predicted octanol–water partition coefficient (Wildman–Crippen LogP) is 5.03. The summed E-state index contributed by atoms with van der Waals surface area (Å²) >= 11 is 0. The van der Waals surface area contributed by atoms with E-state index in [4.69, 9.17) is 0 Å². The van der Waals surface area contributed by atoms with Gasteiger partial charge in [0, 0.05) is 18.4 Å². The van der Waals surface area contributed by atoms with E-state index in [0.717, 1.165) is 11.4 Å². The Morgan fingerprint density at radius 2 is 1.90 bits per heavy atom. The molecule has 2 rings (SSSR count). The van der Waals surface area contributed by atoms with Gasteiger partial charge in [-0.15, -0.1) is 0 Å². The molecular weight excluding hydrogens is 258 g/mol. The van der Waals surface area contributed by atoms with Crippen LogP contribution in [-0.2, 0) is 0 Å². The third-order valence-corrected chi connectivity index (χ3v) is 3.80. The zero-order chi connectivity index (χ0) is 14.9. The molecule has 0 aliphatic carbocycles. The highest BCUT2D eigenvalue weighted by atomic mass is 15.3. The van der Waals surface area contributed by atoms with Crippen molar-refractivity contribution >= 4 is 5.69 Å². The Bertz CT molecular complexity index is 505. The van der Waals surface area contributed by atoms with E-state index >= 15 is 0 Å². The van der Waals surface area contributed by atoms with Crippen LogP contribution in [-0.4, -0.2) is 15.8 Å². The van der Waals surface area contributed by atoms with Crippen LogP contribution < -0.4 is 5.32 Å². The van der Waals surface area contributed by atoms with Crippen LogP contribution in [0.1, 0.15) is 52.4 Å². The van der Waals surface area contributed by atoms with Gasteiger partial charge in [-0.1, -0.05) is 51.2 Å². The summed E-state index contributed by atoms with van der Waals surface area (Å²) < 4.78 is 1.91. The Hall–Kier alpha value is -1.77. The van der Waals surface area contributed by atoms with Crippen molar-refractivity contribution in [1.29, 1.82) is 0 Å². The van der Waals surface area contributed by atoms with Crippen molar-refractivity contribution in [3.05, 3.63) is 42.7 Å². The van der Waals surface area contributed by atoms with Gasteiger partial charge in [-0.2, -0.15) is 5.10 Å². The molecule has 1 aromatic heterocycles. The monoisotopic (exact) mass is 285 g/mol. The van der Waals surface area contributed by atoms with Gasteiger partial charge in [0.2, 0.25) is 0 Å². The number of rotatable bonds is 9. The maximum Gasteiger partial charge on any atom is 0.0876 e. The second kappa shape index (κ2) is 8.50. The lowest BCUT2D eigenvalue weighted by atomic mass is 10.1. The van der Waals surface area contributed by atoms with E-state index in [9.17, 15) is 0 Å². The third-order valence-electron chi connectivity index (χ3n) is 3.80. The molecule has 0 amide bonds. The van der Waals surface area contributed by atoms with Crippen molar-refractivity contribution in [1.82, 2.24) is 9.78 Å². The molecule has 0 aliphatic heterocycles. The summed E-state index contributed by atoms with van der Waals surface area (Å²) in [6.45, 7) is 4.52. The van der Waals surface area contributed by atoms with Crippen LogP contribution in [0, 0.1) is 0 Å². The Kier molecular flexibility index (Phi) is 6.32. The lowest BCUT2D eigenvalue weighted by Crippen LogP contribution is -2.16. The molecule has 114 valence electrons. The molecule has 1 N–H and O–H groups in total. The number of nitrogens with one attached hydrogen (secondary N) is 1. The van der Waals surface area contributed by atoms with Crippen molar-refractivity contribution in [2.75, 3.05) is 5.32 Å². The number of aromatic nitrogens is 2. The number of anilines is 1. The van der Waals surface area contributed by atoms with Gasteiger partial charge in [0.05, 0.1) is 11.4 Å². The molecule has 2 aromatic rings. The molecule has 0 aliphatic rings. The average Bonchev–Trinajstić information content (AvgIpc) is 3.02. The first kappa shape index (κ1) is 15.6.